The maximum absolute atomic E-state index is 13.4. The molecule has 0 aliphatic carbocycles. The number of thiazole rings is 1. The monoisotopic (exact) mass is 400 g/mol. The van der Waals surface area contributed by atoms with Crippen LogP contribution in [-0.2, 0) is 5.75 Å². The van der Waals surface area contributed by atoms with Gasteiger partial charge in [-0.1, -0.05) is 23.9 Å². The molecule has 1 aromatic carbocycles. The minimum absolute atomic E-state index is 0.212. The predicted molar refractivity (Wildman–Crippen MR) is 103 cm³/mol. The Morgan fingerprint density at radius 1 is 1.26 bits per heavy atom. The van der Waals surface area contributed by atoms with E-state index in [1.807, 2.05) is 6.07 Å². The highest BCUT2D eigenvalue weighted by Gasteiger charge is 2.16. The van der Waals surface area contributed by atoms with Crippen LogP contribution in [0.4, 0.5) is 4.39 Å². The van der Waals surface area contributed by atoms with E-state index in [4.69, 9.17) is 4.74 Å². The van der Waals surface area contributed by atoms with Gasteiger partial charge < -0.3 is 4.74 Å². The van der Waals surface area contributed by atoms with E-state index in [0.29, 0.717) is 32.8 Å². The number of hydrogen-bond donors (Lipinski definition) is 0. The highest BCUT2D eigenvalue weighted by atomic mass is 32.2. The number of pyridine rings is 1. The highest BCUT2D eigenvalue weighted by molar-refractivity contribution is 7.98. The number of benzene rings is 1. The molecule has 9 heteroatoms. The fourth-order valence-corrected chi connectivity index (χ4v) is 4.12. The molecule has 0 amide bonds. The van der Waals surface area contributed by atoms with Gasteiger partial charge in [-0.25, -0.2) is 19.3 Å². The van der Waals surface area contributed by atoms with Crippen molar-refractivity contribution >= 4 is 33.4 Å². The summed E-state index contributed by atoms with van der Waals surface area (Å²) < 4.78 is 20.5. The normalized spacial score (nSPS) is 11.0. The third-order valence-corrected chi connectivity index (χ3v) is 5.60. The lowest BCUT2D eigenvalue weighted by molar-refractivity contribution is 0.397. The van der Waals surface area contributed by atoms with Crippen molar-refractivity contribution in [2.24, 2.45) is 0 Å². The summed E-state index contributed by atoms with van der Waals surface area (Å²) in [6.45, 7) is 0. The van der Waals surface area contributed by atoms with E-state index in [1.54, 1.807) is 29.9 Å². The van der Waals surface area contributed by atoms with Crippen molar-refractivity contribution in [1.82, 2.24) is 19.5 Å². The molecule has 0 spiro atoms. The Bertz CT molecular complexity index is 1160. The van der Waals surface area contributed by atoms with Crippen molar-refractivity contribution in [3.05, 3.63) is 69.8 Å². The Morgan fingerprint density at radius 2 is 2.15 bits per heavy atom. The number of aromatic nitrogens is 4. The second kappa shape index (κ2) is 7.45. The van der Waals surface area contributed by atoms with Crippen LogP contribution in [0.15, 0.2) is 58.1 Å². The maximum Gasteiger partial charge on any atom is 0.278 e. The average Bonchev–Trinajstić information content (AvgIpc) is 3.16. The van der Waals surface area contributed by atoms with E-state index in [0.717, 1.165) is 5.56 Å². The topological polar surface area (TPSA) is 69.9 Å². The molecule has 3 aromatic heterocycles. The molecule has 0 saturated carbocycles. The van der Waals surface area contributed by atoms with Gasteiger partial charge in [-0.05, 0) is 23.8 Å². The zero-order chi connectivity index (χ0) is 18.8. The standard InChI is InChI=1S/C18H13FN4O2S2/c1-25-14-6-5-13(8-20-14)23-17(24)15-16(21-10-27-15)22-18(23)26-9-11-3-2-4-12(19)7-11/h2-8,10H,9H2,1H3. The van der Waals surface area contributed by atoms with Crippen LogP contribution in [0, 0.1) is 5.82 Å². The minimum Gasteiger partial charge on any atom is -0.481 e. The Labute approximate surface area is 161 Å². The van der Waals surface area contributed by atoms with E-state index in [2.05, 4.69) is 15.0 Å². The van der Waals surface area contributed by atoms with Gasteiger partial charge in [0.15, 0.2) is 10.8 Å². The Morgan fingerprint density at radius 3 is 2.89 bits per heavy atom. The second-order valence-electron chi connectivity index (χ2n) is 5.52. The first-order valence-electron chi connectivity index (χ1n) is 7.89. The molecule has 4 aromatic rings. The lowest BCUT2D eigenvalue weighted by Gasteiger charge is -2.12. The molecule has 0 bridgehead atoms. The quantitative estimate of drug-likeness (QED) is 0.376. The van der Waals surface area contributed by atoms with Crippen LogP contribution in [0.25, 0.3) is 16.0 Å². The van der Waals surface area contributed by atoms with Gasteiger partial charge >= 0.3 is 0 Å². The van der Waals surface area contributed by atoms with E-state index in [9.17, 15) is 9.18 Å². The average molecular weight is 400 g/mol. The van der Waals surface area contributed by atoms with Gasteiger partial charge in [0, 0.05) is 11.8 Å². The van der Waals surface area contributed by atoms with Crippen LogP contribution in [-0.4, -0.2) is 26.6 Å². The molecule has 0 aliphatic rings. The summed E-state index contributed by atoms with van der Waals surface area (Å²) in [6.07, 6.45) is 1.56. The molecule has 0 fully saturated rings. The SMILES string of the molecule is COc1ccc(-n2c(SCc3cccc(F)c3)nc3ncsc3c2=O)cn1. The van der Waals surface area contributed by atoms with Crippen LogP contribution >= 0.6 is 23.1 Å². The molecular weight excluding hydrogens is 387 g/mol. The molecule has 0 unspecified atom stereocenters. The van der Waals surface area contributed by atoms with Crippen LogP contribution in [0.1, 0.15) is 5.56 Å². The molecule has 0 saturated heterocycles. The molecule has 27 heavy (non-hydrogen) atoms. The van der Waals surface area contributed by atoms with Crippen molar-refractivity contribution in [3.63, 3.8) is 0 Å². The van der Waals surface area contributed by atoms with E-state index < -0.39 is 0 Å². The molecule has 0 radical (unpaired) electrons. The zero-order valence-corrected chi connectivity index (χ0v) is 15.8. The summed E-state index contributed by atoms with van der Waals surface area (Å²) in [4.78, 5) is 25.8. The summed E-state index contributed by atoms with van der Waals surface area (Å²) >= 11 is 2.58. The molecule has 0 atom stereocenters. The fraction of sp³-hybridized carbons (Fsp3) is 0.111. The Balaban J connectivity index is 1.78. The van der Waals surface area contributed by atoms with Crippen LogP contribution in [0.2, 0.25) is 0 Å². The fourth-order valence-electron chi connectivity index (χ4n) is 2.52. The summed E-state index contributed by atoms with van der Waals surface area (Å²) in [5, 5.41) is 0.467. The number of hydrogen-bond acceptors (Lipinski definition) is 7. The number of methoxy groups -OCH3 is 1. The molecule has 6 nitrogen and oxygen atoms in total. The maximum atomic E-state index is 13.4. The molecule has 0 N–H and O–H groups in total. The lowest BCUT2D eigenvalue weighted by Crippen LogP contribution is -2.21. The number of ether oxygens (including phenoxy) is 1. The van der Waals surface area contributed by atoms with Gasteiger partial charge in [0.1, 0.15) is 10.5 Å². The third kappa shape index (κ3) is 3.56. The molecular formula is C18H13FN4O2S2. The smallest absolute Gasteiger partial charge is 0.278 e. The Hall–Kier alpha value is -2.78. The summed E-state index contributed by atoms with van der Waals surface area (Å²) in [5.41, 5.74) is 3.16. The molecule has 0 aliphatic heterocycles. The summed E-state index contributed by atoms with van der Waals surface area (Å²) in [6, 6.07) is 9.77. The van der Waals surface area contributed by atoms with Gasteiger partial charge in [-0.15, -0.1) is 11.3 Å². The third-order valence-electron chi connectivity index (χ3n) is 3.78. The summed E-state index contributed by atoms with van der Waals surface area (Å²) in [7, 11) is 1.53. The number of fused-ring (bicyclic) bond motifs is 1. The second-order valence-corrected chi connectivity index (χ2v) is 7.31. The van der Waals surface area contributed by atoms with Crippen molar-refractivity contribution < 1.29 is 9.13 Å². The zero-order valence-electron chi connectivity index (χ0n) is 14.1. The van der Waals surface area contributed by atoms with Gasteiger partial charge in [-0.3, -0.25) is 9.36 Å². The van der Waals surface area contributed by atoms with Gasteiger partial charge in [-0.2, -0.15) is 0 Å². The number of nitrogens with zero attached hydrogens (tertiary/aromatic N) is 4. The van der Waals surface area contributed by atoms with Gasteiger partial charge in [0.05, 0.1) is 24.5 Å². The predicted octanol–water partition coefficient (Wildman–Crippen LogP) is 3.68. The van der Waals surface area contributed by atoms with E-state index in [1.165, 1.54) is 46.9 Å². The van der Waals surface area contributed by atoms with Crippen LogP contribution < -0.4 is 10.3 Å². The molecule has 136 valence electrons. The van der Waals surface area contributed by atoms with Crippen molar-refractivity contribution in [2.75, 3.05) is 7.11 Å². The number of halogens is 1. The molecule has 4 rings (SSSR count). The van der Waals surface area contributed by atoms with Crippen LogP contribution in [0.5, 0.6) is 5.88 Å². The van der Waals surface area contributed by atoms with Gasteiger partial charge in [0.2, 0.25) is 5.88 Å². The van der Waals surface area contributed by atoms with Crippen molar-refractivity contribution in [1.29, 1.82) is 0 Å². The molecule has 3 heterocycles. The largest absolute Gasteiger partial charge is 0.481 e. The van der Waals surface area contributed by atoms with Crippen molar-refractivity contribution in [3.8, 4) is 11.6 Å². The van der Waals surface area contributed by atoms with Crippen molar-refractivity contribution in [2.45, 2.75) is 10.9 Å². The first-order valence-corrected chi connectivity index (χ1v) is 9.76. The first-order chi connectivity index (χ1) is 13.2. The lowest BCUT2D eigenvalue weighted by atomic mass is 10.2. The van der Waals surface area contributed by atoms with Crippen LogP contribution in [0.3, 0.4) is 0 Å². The number of rotatable bonds is 5. The minimum atomic E-state index is -0.298. The summed E-state index contributed by atoms with van der Waals surface area (Å²) in [5.74, 6) is 0.615. The highest BCUT2D eigenvalue weighted by Crippen LogP contribution is 2.25. The van der Waals surface area contributed by atoms with E-state index in [-0.39, 0.29) is 11.4 Å². The number of thioether (sulfide) groups is 1. The van der Waals surface area contributed by atoms with Gasteiger partial charge in [0.25, 0.3) is 5.56 Å². The first kappa shape index (κ1) is 17.6. The van der Waals surface area contributed by atoms with E-state index >= 15 is 0 Å². The Kier molecular flexibility index (Phi) is 4.87.